The van der Waals surface area contributed by atoms with E-state index in [1.165, 1.54) is 44.6 Å². The third-order valence-electron chi connectivity index (χ3n) is 4.70. The van der Waals surface area contributed by atoms with E-state index >= 15 is 0 Å². The monoisotopic (exact) mass is 248 g/mol. The van der Waals surface area contributed by atoms with Crippen LogP contribution < -0.4 is 5.32 Å². The predicted molar refractivity (Wildman–Crippen MR) is 70.9 cm³/mol. The van der Waals surface area contributed by atoms with E-state index < -0.39 is 0 Å². The standard InChI is InChI=1S/C15H21FN2/c1-12(13-2-4-14(16)5-3-13)18-9-7-15(11-18)6-8-17-10-15/h2-5,12,17H,6-11H2,1H3. The molecule has 98 valence electrons. The molecule has 2 aliphatic heterocycles. The van der Waals surface area contributed by atoms with Crippen molar-refractivity contribution in [2.24, 2.45) is 5.41 Å². The van der Waals surface area contributed by atoms with Gasteiger partial charge in [0.2, 0.25) is 0 Å². The molecule has 18 heavy (non-hydrogen) atoms. The molecule has 2 atom stereocenters. The van der Waals surface area contributed by atoms with Gasteiger partial charge in [-0.25, -0.2) is 4.39 Å². The van der Waals surface area contributed by atoms with Crippen LogP contribution in [0.3, 0.4) is 0 Å². The zero-order valence-corrected chi connectivity index (χ0v) is 11.0. The fraction of sp³-hybridized carbons (Fsp3) is 0.600. The minimum Gasteiger partial charge on any atom is -0.316 e. The van der Waals surface area contributed by atoms with E-state index in [1.54, 1.807) is 12.1 Å². The third kappa shape index (κ3) is 2.17. The first-order valence-electron chi connectivity index (χ1n) is 6.89. The molecule has 0 amide bonds. The first-order chi connectivity index (χ1) is 8.69. The smallest absolute Gasteiger partial charge is 0.123 e. The van der Waals surface area contributed by atoms with Gasteiger partial charge >= 0.3 is 0 Å². The molecule has 2 unspecified atom stereocenters. The molecule has 1 aromatic carbocycles. The number of rotatable bonds is 2. The largest absolute Gasteiger partial charge is 0.316 e. The molecule has 3 rings (SSSR count). The Labute approximate surface area is 108 Å². The number of benzene rings is 1. The van der Waals surface area contributed by atoms with Gasteiger partial charge in [0.25, 0.3) is 0 Å². The first-order valence-corrected chi connectivity index (χ1v) is 6.89. The molecular formula is C15H21FN2. The van der Waals surface area contributed by atoms with Crippen LogP contribution in [-0.2, 0) is 0 Å². The molecule has 2 saturated heterocycles. The Morgan fingerprint density at radius 2 is 2.06 bits per heavy atom. The number of likely N-dealkylation sites (tertiary alicyclic amines) is 1. The lowest BCUT2D eigenvalue weighted by Crippen LogP contribution is -2.30. The van der Waals surface area contributed by atoms with Crippen LogP contribution in [-0.4, -0.2) is 31.1 Å². The van der Waals surface area contributed by atoms with Gasteiger partial charge in [-0.1, -0.05) is 12.1 Å². The van der Waals surface area contributed by atoms with Crippen LogP contribution in [0, 0.1) is 11.2 Å². The maximum absolute atomic E-state index is 12.9. The van der Waals surface area contributed by atoms with Gasteiger partial charge in [0, 0.05) is 19.1 Å². The van der Waals surface area contributed by atoms with Gasteiger partial charge in [-0.05, 0) is 56.0 Å². The fourth-order valence-corrected chi connectivity index (χ4v) is 3.40. The van der Waals surface area contributed by atoms with Crippen LogP contribution in [0.15, 0.2) is 24.3 Å². The van der Waals surface area contributed by atoms with Crippen molar-refractivity contribution in [2.45, 2.75) is 25.8 Å². The quantitative estimate of drug-likeness (QED) is 0.865. The summed E-state index contributed by atoms with van der Waals surface area (Å²) in [6.07, 6.45) is 2.60. The summed E-state index contributed by atoms with van der Waals surface area (Å²) in [5.74, 6) is -0.149. The second-order valence-corrected chi connectivity index (χ2v) is 5.87. The summed E-state index contributed by atoms with van der Waals surface area (Å²) in [6.45, 7) is 6.91. The van der Waals surface area contributed by atoms with Crippen molar-refractivity contribution >= 4 is 0 Å². The summed E-state index contributed by atoms with van der Waals surface area (Å²) in [7, 11) is 0. The fourth-order valence-electron chi connectivity index (χ4n) is 3.40. The van der Waals surface area contributed by atoms with Crippen LogP contribution >= 0.6 is 0 Å². The molecule has 0 bridgehead atoms. The van der Waals surface area contributed by atoms with E-state index in [9.17, 15) is 4.39 Å². The van der Waals surface area contributed by atoms with Gasteiger partial charge in [0.05, 0.1) is 0 Å². The van der Waals surface area contributed by atoms with Gasteiger partial charge < -0.3 is 5.32 Å². The maximum Gasteiger partial charge on any atom is 0.123 e. The Bertz CT molecular complexity index is 409. The molecule has 1 N–H and O–H groups in total. The average molecular weight is 248 g/mol. The van der Waals surface area contributed by atoms with Crippen LogP contribution in [0.25, 0.3) is 0 Å². The molecule has 2 heterocycles. The predicted octanol–water partition coefficient (Wildman–Crippen LogP) is 2.57. The number of hydrogen-bond donors (Lipinski definition) is 1. The number of nitrogens with zero attached hydrogens (tertiary/aromatic N) is 1. The highest BCUT2D eigenvalue weighted by Crippen LogP contribution is 2.39. The lowest BCUT2D eigenvalue weighted by atomic mass is 9.86. The van der Waals surface area contributed by atoms with Crippen molar-refractivity contribution in [3.05, 3.63) is 35.6 Å². The molecule has 0 aromatic heterocycles. The summed E-state index contributed by atoms with van der Waals surface area (Å²) < 4.78 is 12.9. The van der Waals surface area contributed by atoms with Crippen molar-refractivity contribution in [1.82, 2.24) is 10.2 Å². The molecule has 2 nitrogen and oxygen atoms in total. The SMILES string of the molecule is CC(c1ccc(F)cc1)N1CCC2(CCNC2)C1. The summed E-state index contributed by atoms with van der Waals surface area (Å²) in [6, 6.07) is 7.35. The number of nitrogens with one attached hydrogen (secondary N) is 1. The van der Waals surface area contributed by atoms with E-state index in [2.05, 4.69) is 17.1 Å². The molecule has 0 saturated carbocycles. The van der Waals surface area contributed by atoms with Crippen molar-refractivity contribution < 1.29 is 4.39 Å². The first kappa shape index (κ1) is 12.1. The third-order valence-corrected chi connectivity index (χ3v) is 4.70. The van der Waals surface area contributed by atoms with Crippen LogP contribution in [0.4, 0.5) is 4.39 Å². The minimum atomic E-state index is -0.149. The molecule has 2 fully saturated rings. The van der Waals surface area contributed by atoms with Gasteiger partial charge in [-0.3, -0.25) is 4.90 Å². The lowest BCUT2D eigenvalue weighted by Gasteiger charge is -2.27. The molecule has 0 radical (unpaired) electrons. The van der Waals surface area contributed by atoms with Crippen molar-refractivity contribution in [3.8, 4) is 0 Å². The Balaban J connectivity index is 1.70. The van der Waals surface area contributed by atoms with E-state index in [0.717, 1.165) is 0 Å². The zero-order valence-electron chi connectivity index (χ0n) is 11.0. The van der Waals surface area contributed by atoms with Gasteiger partial charge in [0.15, 0.2) is 0 Å². The summed E-state index contributed by atoms with van der Waals surface area (Å²) in [4.78, 5) is 2.54. The van der Waals surface area contributed by atoms with Crippen molar-refractivity contribution in [2.75, 3.05) is 26.2 Å². The van der Waals surface area contributed by atoms with E-state index in [1.807, 2.05) is 12.1 Å². The second-order valence-electron chi connectivity index (χ2n) is 5.87. The Kier molecular flexibility index (Phi) is 3.12. The summed E-state index contributed by atoms with van der Waals surface area (Å²) in [5.41, 5.74) is 1.73. The zero-order chi connectivity index (χ0) is 12.6. The normalized spacial score (nSPS) is 30.1. The van der Waals surface area contributed by atoms with Crippen molar-refractivity contribution in [3.63, 3.8) is 0 Å². The van der Waals surface area contributed by atoms with Crippen LogP contribution in [0.5, 0.6) is 0 Å². The highest BCUT2D eigenvalue weighted by molar-refractivity contribution is 5.20. The van der Waals surface area contributed by atoms with E-state index in [0.29, 0.717) is 11.5 Å². The van der Waals surface area contributed by atoms with Gasteiger partial charge in [-0.2, -0.15) is 0 Å². The maximum atomic E-state index is 12.9. The molecular weight excluding hydrogens is 227 g/mol. The highest BCUT2D eigenvalue weighted by atomic mass is 19.1. The minimum absolute atomic E-state index is 0.149. The number of hydrogen-bond acceptors (Lipinski definition) is 2. The van der Waals surface area contributed by atoms with Crippen molar-refractivity contribution in [1.29, 1.82) is 0 Å². The van der Waals surface area contributed by atoms with Gasteiger partial charge in [-0.15, -0.1) is 0 Å². The molecule has 3 heteroatoms. The second kappa shape index (κ2) is 4.63. The molecule has 2 aliphatic rings. The van der Waals surface area contributed by atoms with Crippen LogP contribution in [0.1, 0.15) is 31.4 Å². The topological polar surface area (TPSA) is 15.3 Å². The molecule has 1 aromatic rings. The van der Waals surface area contributed by atoms with Gasteiger partial charge in [0.1, 0.15) is 5.82 Å². The number of halogens is 1. The highest BCUT2D eigenvalue weighted by Gasteiger charge is 2.41. The Morgan fingerprint density at radius 1 is 1.28 bits per heavy atom. The van der Waals surface area contributed by atoms with E-state index in [4.69, 9.17) is 0 Å². The van der Waals surface area contributed by atoms with Crippen LogP contribution in [0.2, 0.25) is 0 Å². The average Bonchev–Trinajstić information content (AvgIpc) is 3.01. The Morgan fingerprint density at radius 3 is 2.72 bits per heavy atom. The van der Waals surface area contributed by atoms with E-state index in [-0.39, 0.29) is 5.82 Å². The molecule has 0 aliphatic carbocycles. The molecule has 1 spiro atoms. The summed E-state index contributed by atoms with van der Waals surface area (Å²) in [5, 5.41) is 3.49. The Hall–Kier alpha value is -0.930. The lowest BCUT2D eigenvalue weighted by molar-refractivity contribution is 0.223. The summed E-state index contributed by atoms with van der Waals surface area (Å²) >= 11 is 0.